The van der Waals surface area contributed by atoms with Gasteiger partial charge >= 0.3 is 0 Å². The fourth-order valence-electron chi connectivity index (χ4n) is 2.04. The highest BCUT2D eigenvalue weighted by molar-refractivity contribution is 5.86. The van der Waals surface area contributed by atoms with Crippen LogP contribution in [0, 0.1) is 5.21 Å². The standard InChI is InChI=1S/C16H13NO2/c18-17-10-9-15-14(11-17)7-4-8-16(15)19-12-13-5-2-1-3-6-13/h1-11H,12H2. The van der Waals surface area contributed by atoms with Crippen LogP contribution in [0.15, 0.2) is 67.0 Å². The number of hydrogen-bond acceptors (Lipinski definition) is 2. The van der Waals surface area contributed by atoms with Crippen molar-refractivity contribution in [1.82, 2.24) is 0 Å². The second-order valence-electron chi connectivity index (χ2n) is 4.34. The average Bonchev–Trinajstić information content (AvgIpc) is 2.45. The minimum absolute atomic E-state index is 0.520. The van der Waals surface area contributed by atoms with Crippen molar-refractivity contribution in [3.05, 3.63) is 77.8 Å². The van der Waals surface area contributed by atoms with E-state index >= 15 is 0 Å². The Balaban J connectivity index is 1.89. The molecular formula is C16H13NO2. The maximum atomic E-state index is 11.2. The molecule has 0 fully saturated rings. The van der Waals surface area contributed by atoms with Crippen LogP contribution in [-0.2, 0) is 6.61 Å². The molecule has 0 saturated carbocycles. The van der Waals surface area contributed by atoms with Gasteiger partial charge in [-0.2, -0.15) is 4.73 Å². The van der Waals surface area contributed by atoms with E-state index in [0.717, 1.165) is 26.8 Å². The summed E-state index contributed by atoms with van der Waals surface area (Å²) in [6.45, 7) is 0.520. The number of benzene rings is 2. The number of fused-ring (bicyclic) bond motifs is 1. The van der Waals surface area contributed by atoms with E-state index in [1.807, 2.05) is 48.5 Å². The monoisotopic (exact) mass is 251 g/mol. The number of nitrogens with zero attached hydrogens (tertiary/aromatic N) is 1. The number of pyridine rings is 1. The SMILES string of the molecule is [O-][n+]1ccc2c(OCc3ccccc3)cccc2c1. The van der Waals surface area contributed by atoms with Gasteiger partial charge in [-0.1, -0.05) is 36.4 Å². The third kappa shape index (κ3) is 2.50. The van der Waals surface area contributed by atoms with Gasteiger partial charge in [0.1, 0.15) is 12.4 Å². The van der Waals surface area contributed by atoms with Crippen LogP contribution >= 0.6 is 0 Å². The van der Waals surface area contributed by atoms with Crippen LogP contribution in [0.4, 0.5) is 0 Å². The van der Waals surface area contributed by atoms with Crippen LogP contribution in [0.5, 0.6) is 5.75 Å². The maximum absolute atomic E-state index is 11.2. The van der Waals surface area contributed by atoms with Gasteiger partial charge in [-0.15, -0.1) is 0 Å². The van der Waals surface area contributed by atoms with E-state index in [2.05, 4.69) is 0 Å². The van der Waals surface area contributed by atoms with Gasteiger partial charge in [-0.25, -0.2) is 0 Å². The van der Waals surface area contributed by atoms with Gasteiger partial charge in [0, 0.05) is 11.5 Å². The second-order valence-corrected chi connectivity index (χ2v) is 4.34. The third-order valence-electron chi connectivity index (χ3n) is 2.99. The topological polar surface area (TPSA) is 36.2 Å². The van der Waals surface area contributed by atoms with Crippen molar-refractivity contribution in [3.8, 4) is 5.75 Å². The molecule has 0 N–H and O–H groups in total. The fourth-order valence-corrected chi connectivity index (χ4v) is 2.04. The fraction of sp³-hybridized carbons (Fsp3) is 0.0625. The smallest absolute Gasteiger partial charge is 0.188 e. The zero-order valence-electron chi connectivity index (χ0n) is 10.3. The average molecular weight is 251 g/mol. The molecule has 0 aliphatic carbocycles. The summed E-state index contributed by atoms with van der Waals surface area (Å²) in [6.07, 6.45) is 3.03. The molecular weight excluding hydrogens is 238 g/mol. The summed E-state index contributed by atoms with van der Waals surface area (Å²) in [5, 5.41) is 13.1. The lowest BCUT2D eigenvalue weighted by atomic mass is 10.1. The minimum atomic E-state index is 0.520. The highest BCUT2D eigenvalue weighted by atomic mass is 16.5. The molecule has 0 atom stereocenters. The van der Waals surface area contributed by atoms with Crippen LogP contribution in [0.2, 0.25) is 0 Å². The molecule has 3 heteroatoms. The molecule has 0 spiro atoms. The molecule has 0 radical (unpaired) electrons. The van der Waals surface area contributed by atoms with E-state index in [1.165, 1.54) is 6.20 Å². The number of aromatic nitrogens is 1. The minimum Gasteiger partial charge on any atom is -0.619 e. The first kappa shape index (κ1) is 11.5. The van der Waals surface area contributed by atoms with E-state index in [9.17, 15) is 5.21 Å². The van der Waals surface area contributed by atoms with Gasteiger partial charge in [-0.3, -0.25) is 0 Å². The molecule has 19 heavy (non-hydrogen) atoms. The van der Waals surface area contributed by atoms with E-state index in [4.69, 9.17) is 4.74 Å². The number of rotatable bonds is 3. The van der Waals surface area contributed by atoms with Crippen LogP contribution in [0.25, 0.3) is 10.8 Å². The summed E-state index contributed by atoms with van der Waals surface area (Å²) < 4.78 is 6.63. The van der Waals surface area contributed by atoms with E-state index in [-0.39, 0.29) is 0 Å². The summed E-state index contributed by atoms with van der Waals surface area (Å²) in [7, 11) is 0. The van der Waals surface area contributed by atoms with E-state index < -0.39 is 0 Å². The summed E-state index contributed by atoms with van der Waals surface area (Å²) >= 11 is 0. The number of hydrogen-bond donors (Lipinski definition) is 0. The molecule has 0 unspecified atom stereocenters. The highest BCUT2D eigenvalue weighted by Gasteiger charge is 2.04. The van der Waals surface area contributed by atoms with Crippen LogP contribution in [0.1, 0.15) is 5.56 Å². The quantitative estimate of drug-likeness (QED) is 0.530. The van der Waals surface area contributed by atoms with Crippen LogP contribution in [0.3, 0.4) is 0 Å². The lowest BCUT2D eigenvalue weighted by molar-refractivity contribution is -0.603. The van der Waals surface area contributed by atoms with E-state index in [1.54, 1.807) is 12.3 Å². The molecule has 3 aromatic rings. The molecule has 3 rings (SSSR count). The Labute approximate surface area is 111 Å². The Bertz CT molecular complexity index is 695. The Morgan fingerprint density at radius 3 is 2.63 bits per heavy atom. The maximum Gasteiger partial charge on any atom is 0.188 e. The Morgan fingerprint density at radius 2 is 1.79 bits per heavy atom. The largest absolute Gasteiger partial charge is 0.619 e. The van der Waals surface area contributed by atoms with Crippen molar-refractivity contribution in [1.29, 1.82) is 0 Å². The first-order valence-electron chi connectivity index (χ1n) is 6.11. The summed E-state index contributed by atoms with van der Waals surface area (Å²) in [5.74, 6) is 0.793. The molecule has 1 aromatic heterocycles. The highest BCUT2D eigenvalue weighted by Crippen LogP contribution is 2.24. The van der Waals surface area contributed by atoms with Crippen molar-refractivity contribution >= 4 is 10.8 Å². The Kier molecular flexibility index (Phi) is 3.02. The summed E-state index contributed by atoms with van der Waals surface area (Å²) in [5.41, 5.74) is 1.12. The third-order valence-corrected chi connectivity index (χ3v) is 2.99. The van der Waals surface area contributed by atoms with Crippen molar-refractivity contribution < 1.29 is 9.47 Å². The van der Waals surface area contributed by atoms with E-state index in [0.29, 0.717) is 6.61 Å². The van der Waals surface area contributed by atoms with Gasteiger partial charge in [-0.05, 0) is 17.7 Å². The van der Waals surface area contributed by atoms with Gasteiger partial charge in [0.2, 0.25) is 0 Å². The van der Waals surface area contributed by atoms with Crippen molar-refractivity contribution in [2.45, 2.75) is 6.61 Å². The molecule has 1 heterocycles. The molecule has 0 amide bonds. The lowest BCUT2D eigenvalue weighted by Gasteiger charge is -2.09. The molecule has 94 valence electrons. The van der Waals surface area contributed by atoms with Gasteiger partial charge in [0.15, 0.2) is 12.4 Å². The second kappa shape index (κ2) is 4.98. The zero-order valence-corrected chi connectivity index (χ0v) is 10.3. The molecule has 0 bridgehead atoms. The molecule has 0 aliphatic rings. The zero-order chi connectivity index (χ0) is 13.1. The molecule has 3 nitrogen and oxygen atoms in total. The number of ether oxygens (including phenoxy) is 1. The van der Waals surface area contributed by atoms with Crippen LogP contribution < -0.4 is 9.47 Å². The van der Waals surface area contributed by atoms with Crippen molar-refractivity contribution in [3.63, 3.8) is 0 Å². The Hall–Kier alpha value is -2.55. The van der Waals surface area contributed by atoms with Crippen molar-refractivity contribution in [2.24, 2.45) is 0 Å². The molecule has 0 saturated heterocycles. The molecule has 0 aliphatic heterocycles. The predicted molar refractivity (Wildman–Crippen MR) is 73.7 cm³/mol. The summed E-state index contributed by atoms with van der Waals surface area (Å²) in [6, 6.07) is 17.5. The van der Waals surface area contributed by atoms with Gasteiger partial charge < -0.3 is 9.94 Å². The van der Waals surface area contributed by atoms with Gasteiger partial charge in [0.25, 0.3) is 0 Å². The van der Waals surface area contributed by atoms with Gasteiger partial charge in [0.05, 0.1) is 5.39 Å². The predicted octanol–water partition coefficient (Wildman–Crippen LogP) is 3.05. The summed E-state index contributed by atoms with van der Waals surface area (Å²) in [4.78, 5) is 0. The van der Waals surface area contributed by atoms with Crippen LogP contribution in [-0.4, -0.2) is 0 Å². The Morgan fingerprint density at radius 1 is 0.947 bits per heavy atom. The molecule has 2 aromatic carbocycles. The first-order valence-corrected chi connectivity index (χ1v) is 6.11. The van der Waals surface area contributed by atoms with Crippen molar-refractivity contribution in [2.75, 3.05) is 0 Å². The lowest BCUT2D eigenvalue weighted by Crippen LogP contribution is -2.23. The first-order chi connectivity index (χ1) is 9.33. The normalized spacial score (nSPS) is 10.5.